The molecule has 5 atom stereocenters. The van der Waals surface area contributed by atoms with Gasteiger partial charge in [-0.2, -0.15) is 0 Å². The van der Waals surface area contributed by atoms with E-state index in [1.54, 1.807) is 21.1 Å². The van der Waals surface area contributed by atoms with Crippen molar-refractivity contribution in [3.63, 3.8) is 0 Å². The predicted octanol–water partition coefficient (Wildman–Crippen LogP) is 3.10. The summed E-state index contributed by atoms with van der Waals surface area (Å²) in [7, 11) is 3.29. The van der Waals surface area contributed by atoms with E-state index in [9.17, 15) is 14.4 Å². The molecule has 2 fully saturated rings. The molecule has 37 heavy (non-hydrogen) atoms. The third kappa shape index (κ3) is 5.30. The third-order valence-electron chi connectivity index (χ3n) is 8.01. The Morgan fingerprint density at radius 2 is 1.78 bits per heavy atom. The van der Waals surface area contributed by atoms with E-state index in [-0.39, 0.29) is 29.8 Å². The quantitative estimate of drug-likeness (QED) is 0.534. The van der Waals surface area contributed by atoms with Crippen LogP contribution in [0.4, 0.5) is 0 Å². The molecule has 1 aliphatic heterocycles. The second-order valence-electron chi connectivity index (χ2n) is 11.4. The molecular weight excluding hydrogens is 468 g/mol. The number of methoxy groups -OCH3 is 1. The minimum absolute atomic E-state index is 0.0828. The average molecular weight is 509 g/mol. The Labute approximate surface area is 219 Å². The molecule has 1 saturated heterocycles. The molecule has 1 heterocycles. The van der Waals surface area contributed by atoms with Crippen LogP contribution in [0.25, 0.3) is 10.8 Å². The number of hydrogen-bond donors (Lipinski definition) is 3. The minimum atomic E-state index is -0.662. The van der Waals surface area contributed by atoms with Gasteiger partial charge in [-0.15, -0.1) is 0 Å². The zero-order valence-corrected chi connectivity index (χ0v) is 22.8. The summed E-state index contributed by atoms with van der Waals surface area (Å²) in [5.41, 5.74) is 0.0483. The van der Waals surface area contributed by atoms with Gasteiger partial charge in [0.2, 0.25) is 11.8 Å². The number of ether oxygens (including phenoxy) is 1. The molecule has 1 aliphatic carbocycles. The third-order valence-corrected chi connectivity index (χ3v) is 8.01. The molecule has 8 heteroatoms. The summed E-state index contributed by atoms with van der Waals surface area (Å²) >= 11 is 0. The fourth-order valence-electron chi connectivity index (χ4n) is 5.83. The summed E-state index contributed by atoms with van der Waals surface area (Å²) in [5.74, 6) is 0.379. The van der Waals surface area contributed by atoms with Gasteiger partial charge in [-0.25, -0.2) is 0 Å². The lowest BCUT2D eigenvalue weighted by atomic mass is 9.85. The molecule has 200 valence electrons. The molecule has 2 aromatic carbocycles. The highest BCUT2D eigenvalue weighted by molar-refractivity contribution is 6.09. The zero-order valence-electron chi connectivity index (χ0n) is 22.8. The largest absolute Gasteiger partial charge is 0.496 e. The maximum absolute atomic E-state index is 13.9. The van der Waals surface area contributed by atoms with Gasteiger partial charge < -0.3 is 25.6 Å². The number of carbonyl (C=O) groups is 3. The van der Waals surface area contributed by atoms with Gasteiger partial charge >= 0.3 is 0 Å². The van der Waals surface area contributed by atoms with E-state index in [1.807, 2.05) is 62.1 Å². The summed E-state index contributed by atoms with van der Waals surface area (Å²) in [6.45, 7) is 8.30. The van der Waals surface area contributed by atoms with Crippen LogP contribution in [0.2, 0.25) is 0 Å². The zero-order chi connectivity index (χ0) is 26.9. The van der Waals surface area contributed by atoms with Crippen molar-refractivity contribution in [3.8, 4) is 5.75 Å². The smallest absolute Gasteiger partial charge is 0.255 e. The number of hydrogen-bond acceptors (Lipinski definition) is 5. The van der Waals surface area contributed by atoms with Gasteiger partial charge in [0.05, 0.1) is 24.8 Å². The van der Waals surface area contributed by atoms with E-state index in [4.69, 9.17) is 4.74 Å². The highest BCUT2D eigenvalue weighted by Gasteiger charge is 2.49. The molecule has 4 rings (SSSR count). The van der Waals surface area contributed by atoms with Crippen molar-refractivity contribution in [2.75, 3.05) is 20.7 Å². The first-order valence-corrected chi connectivity index (χ1v) is 13.2. The second-order valence-corrected chi connectivity index (χ2v) is 11.4. The van der Waals surface area contributed by atoms with Crippen LogP contribution in [-0.2, 0) is 9.59 Å². The van der Waals surface area contributed by atoms with Crippen molar-refractivity contribution >= 4 is 28.5 Å². The molecule has 0 aromatic heterocycles. The van der Waals surface area contributed by atoms with Crippen LogP contribution in [0.1, 0.15) is 57.3 Å². The van der Waals surface area contributed by atoms with Gasteiger partial charge in [0.1, 0.15) is 11.8 Å². The highest BCUT2D eigenvalue weighted by atomic mass is 16.5. The molecule has 4 unspecified atom stereocenters. The molecule has 0 radical (unpaired) electrons. The van der Waals surface area contributed by atoms with Gasteiger partial charge in [-0.1, -0.05) is 51.1 Å². The standard InChI is InChI=1S/C29H40N4O4/c1-17(30-5)26(34)32-25(29(2,3)4)28(36)33-16-15-19-11-13-21(24(19)33)31-27(35)23-20-10-8-7-9-18(20)12-14-22(23)37-6/h7-10,12,14,17,19,21,24-25,30H,11,13,15-16H2,1-6H3,(H,31,35)(H,32,34)/t17-,19?,21?,24?,25?/m0/s1. The monoisotopic (exact) mass is 508 g/mol. The van der Waals surface area contributed by atoms with Crippen LogP contribution in [-0.4, -0.2) is 67.5 Å². The number of fused-ring (bicyclic) bond motifs is 2. The van der Waals surface area contributed by atoms with Crippen LogP contribution < -0.4 is 20.7 Å². The van der Waals surface area contributed by atoms with Crippen molar-refractivity contribution in [1.82, 2.24) is 20.9 Å². The summed E-state index contributed by atoms with van der Waals surface area (Å²) in [6, 6.07) is 10.2. The van der Waals surface area contributed by atoms with Crippen molar-refractivity contribution in [1.29, 1.82) is 0 Å². The molecule has 2 aromatic rings. The van der Waals surface area contributed by atoms with Gasteiger partial charge in [-0.05, 0) is 61.4 Å². The first kappa shape index (κ1) is 26.9. The number of likely N-dealkylation sites (N-methyl/N-ethyl adjacent to an activating group) is 1. The van der Waals surface area contributed by atoms with Crippen molar-refractivity contribution < 1.29 is 19.1 Å². The molecular formula is C29H40N4O4. The van der Waals surface area contributed by atoms with Crippen LogP contribution in [0.5, 0.6) is 5.75 Å². The molecule has 2 aliphatic rings. The van der Waals surface area contributed by atoms with E-state index >= 15 is 0 Å². The Morgan fingerprint density at radius 1 is 1.05 bits per heavy atom. The Kier molecular flexibility index (Phi) is 7.78. The van der Waals surface area contributed by atoms with E-state index in [0.29, 0.717) is 23.8 Å². The molecule has 0 spiro atoms. The Morgan fingerprint density at radius 3 is 2.46 bits per heavy atom. The summed E-state index contributed by atoms with van der Waals surface area (Å²) in [5, 5.41) is 11.0. The van der Waals surface area contributed by atoms with Gasteiger partial charge in [-0.3, -0.25) is 14.4 Å². The first-order valence-electron chi connectivity index (χ1n) is 13.2. The number of likely N-dealkylation sites (tertiary alicyclic amines) is 1. The van der Waals surface area contributed by atoms with Gasteiger partial charge in [0.15, 0.2) is 0 Å². The maximum atomic E-state index is 13.9. The Hall–Kier alpha value is -3.13. The molecule has 0 bridgehead atoms. The van der Waals surface area contributed by atoms with E-state index in [0.717, 1.165) is 30.0 Å². The molecule has 8 nitrogen and oxygen atoms in total. The van der Waals surface area contributed by atoms with Crippen LogP contribution in [0, 0.1) is 11.3 Å². The van der Waals surface area contributed by atoms with Crippen molar-refractivity contribution in [2.45, 2.75) is 71.1 Å². The normalized spacial score (nSPS) is 22.9. The topological polar surface area (TPSA) is 99.8 Å². The molecule has 3 amide bonds. The highest BCUT2D eigenvalue weighted by Crippen LogP contribution is 2.40. The summed E-state index contributed by atoms with van der Waals surface area (Å²) < 4.78 is 5.55. The Bertz CT molecular complexity index is 1170. The lowest BCUT2D eigenvalue weighted by Gasteiger charge is -2.38. The lowest BCUT2D eigenvalue weighted by molar-refractivity contribution is -0.141. The molecule has 1 saturated carbocycles. The lowest BCUT2D eigenvalue weighted by Crippen LogP contribution is -2.60. The number of rotatable bonds is 7. The Balaban J connectivity index is 1.58. The number of amides is 3. The van der Waals surface area contributed by atoms with Crippen LogP contribution in [0.15, 0.2) is 36.4 Å². The summed E-state index contributed by atoms with van der Waals surface area (Å²) in [6.07, 6.45) is 2.66. The van der Waals surface area contributed by atoms with Crippen molar-refractivity contribution in [3.05, 3.63) is 42.0 Å². The van der Waals surface area contributed by atoms with E-state index < -0.39 is 17.5 Å². The molecule has 3 N–H and O–H groups in total. The van der Waals surface area contributed by atoms with Crippen molar-refractivity contribution in [2.24, 2.45) is 11.3 Å². The maximum Gasteiger partial charge on any atom is 0.255 e. The fraction of sp³-hybridized carbons (Fsp3) is 0.552. The average Bonchev–Trinajstić information content (AvgIpc) is 3.47. The number of benzene rings is 2. The van der Waals surface area contributed by atoms with Crippen LogP contribution >= 0.6 is 0 Å². The fourth-order valence-corrected chi connectivity index (χ4v) is 5.83. The number of nitrogens with one attached hydrogen (secondary N) is 3. The number of nitrogens with zero attached hydrogens (tertiary/aromatic N) is 1. The number of carbonyl (C=O) groups excluding carboxylic acids is 3. The minimum Gasteiger partial charge on any atom is -0.496 e. The van der Waals surface area contributed by atoms with Gasteiger partial charge in [0.25, 0.3) is 5.91 Å². The summed E-state index contributed by atoms with van der Waals surface area (Å²) in [4.78, 5) is 42.2. The predicted molar refractivity (Wildman–Crippen MR) is 145 cm³/mol. The first-order chi connectivity index (χ1) is 17.6. The van der Waals surface area contributed by atoms with Gasteiger partial charge in [0, 0.05) is 12.6 Å². The van der Waals surface area contributed by atoms with Crippen LogP contribution in [0.3, 0.4) is 0 Å². The van der Waals surface area contributed by atoms with E-state index in [2.05, 4.69) is 16.0 Å². The second kappa shape index (κ2) is 10.7. The SMILES string of the molecule is CN[C@@H](C)C(=O)NC(C(=O)N1CCC2CCC(NC(=O)c3c(OC)ccc4ccccc34)C21)C(C)(C)C. The van der Waals surface area contributed by atoms with E-state index in [1.165, 1.54) is 0 Å².